The first kappa shape index (κ1) is 28.9. The number of rotatable bonds is 8. The van der Waals surface area contributed by atoms with Crippen LogP contribution >= 0.6 is 23.2 Å². The molecule has 4 atom stereocenters. The molecular weight excluding hydrogens is 498 g/mol. The SMILES string of the molecule is CCC(C)(CC)C[C@@H]1N[C@@H](C(=O)OC(C)(C)C)[C@H](c2cccc(Cl)c2)[C@@]1(CN)c1ccc(Cl)cc1F. The molecule has 1 saturated heterocycles. The summed E-state index contributed by atoms with van der Waals surface area (Å²) in [7, 11) is 0. The smallest absolute Gasteiger partial charge is 0.324 e. The van der Waals surface area contributed by atoms with Gasteiger partial charge in [-0.3, -0.25) is 4.79 Å². The van der Waals surface area contributed by atoms with Gasteiger partial charge in [-0.05, 0) is 68.0 Å². The number of esters is 1. The quantitative estimate of drug-likeness (QED) is 0.356. The van der Waals surface area contributed by atoms with Crippen LogP contribution in [0.25, 0.3) is 0 Å². The van der Waals surface area contributed by atoms with E-state index >= 15 is 4.39 Å². The second kappa shape index (κ2) is 11.0. The molecule has 2 aromatic carbocycles. The topological polar surface area (TPSA) is 64.3 Å². The van der Waals surface area contributed by atoms with Gasteiger partial charge in [0.25, 0.3) is 0 Å². The van der Waals surface area contributed by atoms with Crippen molar-refractivity contribution in [3.63, 3.8) is 0 Å². The number of benzene rings is 2. The Kier molecular flexibility index (Phi) is 8.82. The van der Waals surface area contributed by atoms with E-state index in [1.54, 1.807) is 18.2 Å². The lowest BCUT2D eigenvalue weighted by molar-refractivity contribution is -0.157. The molecule has 36 heavy (non-hydrogen) atoms. The highest BCUT2D eigenvalue weighted by Crippen LogP contribution is 2.53. The molecule has 1 heterocycles. The van der Waals surface area contributed by atoms with Gasteiger partial charge in [0.1, 0.15) is 17.5 Å². The fourth-order valence-corrected chi connectivity index (χ4v) is 5.97. The minimum absolute atomic E-state index is 0.0390. The summed E-state index contributed by atoms with van der Waals surface area (Å²) in [6.07, 6.45) is 2.57. The monoisotopic (exact) mass is 536 g/mol. The Balaban J connectivity index is 2.32. The molecule has 7 heteroatoms. The fourth-order valence-electron chi connectivity index (χ4n) is 5.61. The average Bonchev–Trinajstić information content (AvgIpc) is 3.12. The Morgan fingerprint density at radius 3 is 2.25 bits per heavy atom. The van der Waals surface area contributed by atoms with Gasteiger partial charge >= 0.3 is 5.97 Å². The predicted molar refractivity (Wildman–Crippen MR) is 146 cm³/mol. The zero-order chi connectivity index (χ0) is 26.9. The number of ether oxygens (including phenoxy) is 1. The van der Waals surface area contributed by atoms with Crippen LogP contribution in [-0.4, -0.2) is 30.2 Å². The highest BCUT2D eigenvalue weighted by Gasteiger charge is 2.60. The highest BCUT2D eigenvalue weighted by atomic mass is 35.5. The van der Waals surface area contributed by atoms with Crippen LogP contribution in [0.15, 0.2) is 42.5 Å². The van der Waals surface area contributed by atoms with Gasteiger partial charge in [-0.2, -0.15) is 0 Å². The van der Waals surface area contributed by atoms with E-state index < -0.39 is 34.8 Å². The summed E-state index contributed by atoms with van der Waals surface area (Å²) < 4.78 is 21.6. The van der Waals surface area contributed by atoms with Crippen LogP contribution < -0.4 is 11.1 Å². The molecule has 0 amide bonds. The molecule has 3 N–H and O–H groups in total. The summed E-state index contributed by atoms with van der Waals surface area (Å²) in [4.78, 5) is 13.7. The molecule has 198 valence electrons. The van der Waals surface area contributed by atoms with Gasteiger partial charge in [-0.25, -0.2) is 4.39 Å². The third-order valence-electron chi connectivity index (χ3n) is 7.93. The number of hydrogen-bond donors (Lipinski definition) is 2. The van der Waals surface area contributed by atoms with Crippen molar-refractivity contribution < 1.29 is 13.9 Å². The van der Waals surface area contributed by atoms with Gasteiger partial charge in [0.15, 0.2) is 0 Å². The van der Waals surface area contributed by atoms with Crippen molar-refractivity contribution in [2.24, 2.45) is 11.1 Å². The van der Waals surface area contributed by atoms with E-state index in [2.05, 4.69) is 26.1 Å². The van der Waals surface area contributed by atoms with Crippen LogP contribution in [0.4, 0.5) is 4.39 Å². The van der Waals surface area contributed by atoms with Gasteiger partial charge in [0.05, 0.1) is 0 Å². The van der Waals surface area contributed by atoms with Gasteiger partial charge in [0.2, 0.25) is 0 Å². The lowest BCUT2D eigenvalue weighted by atomic mass is 9.61. The Labute approximate surface area is 225 Å². The van der Waals surface area contributed by atoms with Gasteiger partial charge in [-0.15, -0.1) is 0 Å². The van der Waals surface area contributed by atoms with Crippen LogP contribution in [0, 0.1) is 11.2 Å². The van der Waals surface area contributed by atoms with Crippen molar-refractivity contribution in [2.45, 2.75) is 89.8 Å². The fraction of sp³-hybridized carbons (Fsp3) is 0.552. The van der Waals surface area contributed by atoms with Crippen molar-refractivity contribution >= 4 is 29.2 Å². The summed E-state index contributed by atoms with van der Waals surface area (Å²) >= 11 is 12.6. The largest absolute Gasteiger partial charge is 0.459 e. The minimum atomic E-state index is -0.952. The second-order valence-corrected chi connectivity index (χ2v) is 12.2. The summed E-state index contributed by atoms with van der Waals surface area (Å²) in [5.41, 5.74) is 6.20. The van der Waals surface area contributed by atoms with E-state index in [1.807, 2.05) is 39.0 Å². The lowest BCUT2D eigenvalue weighted by Crippen LogP contribution is -2.51. The normalized spacial score (nSPS) is 24.7. The van der Waals surface area contributed by atoms with E-state index in [9.17, 15) is 4.79 Å². The first-order valence-electron chi connectivity index (χ1n) is 12.7. The van der Waals surface area contributed by atoms with E-state index in [0.29, 0.717) is 22.0 Å². The van der Waals surface area contributed by atoms with E-state index in [4.69, 9.17) is 33.7 Å². The molecule has 1 aliphatic heterocycles. The molecule has 4 nitrogen and oxygen atoms in total. The van der Waals surface area contributed by atoms with E-state index in [1.165, 1.54) is 6.07 Å². The van der Waals surface area contributed by atoms with Crippen molar-refractivity contribution in [1.82, 2.24) is 5.32 Å². The summed E-state index contributed by atoms with van der Waals surface area (Å²) in [6.45, 7) is 12.2. The first-order chi connectivity index (χ1) is 16.8. The molecule has 0 saturated carbocycles. The molecule has 2 aromatic rings. The third kappa shape index (κ3) is 5.75. The maximum Gasteiger partial charge on any atom is 0.324 e. The maximum atomic E-state index is 15.8. The predicted octanol–water partition coefficient (Wildman–Crippen LogP) is 7.01. The van der Waals surface area contributed by atoms with E-state index in [0.717, 1.165) is 18.4 Å². The zero-order valence-electron chi connectivity index (χ0n) is 22.1. The third-order valence-corrected chi connectivity index (χ3v) is 8.40. The van der Waals surface area contributed by atoms with Crippen molar-refractivity contribution in [1.29, 1.82) is 0 Å². The zero-order valence-corrected chi connectivity index (χ0v) is 23.6. The minimum Gasteiger partial charge on any atom is -0.459 e. The second-order valence-electron chi connectivity index (χ2n) is 11.4. The number of halogens is 3. The molecule has 0 bridgehead atoms. The van der Waals surface area contributed by atoms with Gasteiger partial charge in [0, 0.05) is 34.0 Å². The van der Waals surface area contributed by atoms with Gasteiger partial charge in [-0.1, -0.05) is 75.0 Å². The summed E-state index contributed by atoms with van der Waals surface area (Å²) in [5.74, 6) is -1.35. The van der Waals surface area contributed by atoms with Crippen LogP contribution in [0.3, 0.4) is 0 Å². The summed E-state index contributed by atoms with van der Waals surface area (Å²) in [5, 5.41) is 4.43. The number of nitrogens with one attached hydrogen (secondary N) is 1. The Morgan fingerprint density at radius 1 is 1.08 bits per heavy atom. The molecule has 0 radical (unpaired) electrons. The highest BCUT2D eigenvalue weighted by molar-refractivity contribution is 6.30. The first-order valence-corrected chi connectivity index (χ1v) is 13.5. The average molecular weight is 538 g/mol. The standard InChI is InChI=1S/C29H39Cl2FN2O2/c1-7-28(6,8-2)16-23-29(17-33,21-13-12-20(31)15-22(21)32)24(18-10-9-11-19(30)14-18)25(34-23)26(35)36-27(3,4)5/h9-15,23-25,34H,7-8,16-17,33H2,1-6H3/t23-,24-,25+,29-/m0/s1. The molecule has 0 aliphatic carbocycles. The van der Waals surface area contributed by atoms with Gasteiger partial charge < -0.3 is 15.8 Å². The summed E-state index contributed by atoms with van der Waals surface area (Å²) in [6, 6.07) is 11.1. The number of hydrogen-bond acceptors (Lipinski definition) is 4. The molecule has 0 spiro atoms. The Morgan fingerprint density at radius 2 is 1.72 bits per heavy atom. The lowest BCUT2D eigenvalue weighted by Gasteiger charge is -2.43. The maximum absolute atomic E-state index is 15.8. The Bertz CT molecular complexity index is 1080. The number of nitrogens with two attached hydrogens (primary N) is 1. The van der Waals surface area contributed by atoms with Crippen LogP contribution in [-0.2, 0) is 14.9 Å². The van der Waals surface area contributed by atoms with Crippen LogP contribution in [0.5, 0.6) is 0 Å². The van der Waals surface area contributed by atoms with Crippen molar-refractivity contribution in [3.8, 4) is 0 Å². The Hall–Kier alpha value is -1.66. The van der Waals surface area contributed by atoms with E-state index in [-0.39, 0.29) is 18.0 Å². The van der Waals surface area contributed by atoms with Crippen molar-refractivity contribution in [2.75, 3.05) is 6.54 Å². The molecule has 1 aliphatic rings. The van der Waals surface area contributed by atoms with Crippen molar-refractivity contribution in [3.05, 3.63) is 69.5 Å². The van der Waals surface area contributed by atoms with Crippen LogP contribution in [0.2, 0.25) is 10.0 Å². The molecule has 0 aromatic heterocycles. The number of carbonyl (C=O) groups excluding carboxylic acids is 1. The van der Waals surface area contributed by atoms with Crippen LogP contribution in [0.1, 0.15) is 77.8 Å². The molecular formula is C29H39Cl2FN2O2. The number of carbonyl (C=O) groups is 1. The molecule has 3 rings (SSSR count). The molecule has 0 unspecified atom stereocenters. The molecule has 1 fully saturated rings.